The minimum atomic E-state index is -0.243. The highest BCUT2D eigenvalue weighted by molar-refractivity contribution is 9.10. The van der Waals surface area contributed by atoms with Gasteiger partial charge in [-0.1, -0.05) is 36.7 Å². The molecule has 2 aromatic rings. The molecule has 0 saturated heterocycles. The Morgan fingerprint density at radius 2 is 1.95 bits per heavy atom. The summed E-state index contributed by atoms with van der Waals surface area (Å²) in [6, 6.07) is 13.3. The lowest BCUT2D eigenvalue weighted by molar-refractivity contribution is 0.456. The first kappa shape index (κ1) is 16.5. The summed E-state index contributed by atoms with van der Waals surface area (Å²) >= 11 is 9.29. The molecule has 2 aromatic carbocycles. The van der Waals surface area contributed by atoms with Gasteiger partial charge in [0.15, 0.2) is 0 Å². The fourth-order valence-electron chi connectivity index (χ4n) is 2.35. The zero-order valence-corrected chi connectivity index (χ0v) is 14.4. The molecule has 0 radical (unpaired) electrons. The van der Waals surface area contributed by atoms with Crippen molar-refractivity contribution in [3.8, 4) is 0 Å². The predicted octanol–water partition coefficient (Wildman–Crippen LogP) is 6.04. The first-order valence-electron chi connectivity index (χ1n) is 6.97. The summed E-state index contributed by atoms with van der Waals surface area (Å²) in [4.78, 5) is 0. The fourth-order valence-corrected chi connectivity index (χ4v) is 2.95. The molecule has 0 aliphatic carbocycles. The van der Waals surface area contributed by atoms with Crippen LogP contribution in [0.1, 0.15) is 43.5 Å². The van der Waals surface area contributed by atoms with Crippen molar-refractivity contribution in [2.45, 2.75) is 32.4 Å². The van der Waals surface area contributed by atoms with Crippen molar-refractivity contribution >= 4 is 27.5 Å². The second-order valence-electron chi connectivity index (χ2n) is 5.08. The smallest absolute Gasteiger partial charge is 0.137 e. The van der Waals surface area contributed by atoms with Gasteiger partial charge in [-0.15, -0.1) is 0 Å². The van der Waals surface area contributed by atoms with E-state index in [0.717, 1.165) is 22.6 Å². The van der Waals surface area contributed by atoms with Crippen LogP contribution in [0, 0.1) is 5.82 Å². The maximum Gasteiger partial charge on any atom is 0.137 e. The molecule has 21 heavy (non-hydrogen) atoms. The van der Waals surface area contributed by atoms with Crippen molar-refractivity contribution in [2.24, 2.45) is 0 Å². The number of halogens is 3. The lowest BCUT2D eigenvalue weighted by atomic mass is 10.0. The van der Waals surface area contributed by atoms with Crippen molar-refractivity contribution in [3.05, 3.63) is 68.9 Å². The molecule has 0 aliphatic rings. The summed E-state index contributed by atoms with van der Waals surface area (Å²) in [5, 5.41) is 4.31. The SMILES string of the molecule is CCC(NC(C)c1ccc(F)c(Br)c1)c1cccc(Cl)c1. The number of hydrogen-bond acceptors (Lipinski definition) is 1. The predicted molar refractivity (Wildman–Crippen MR) is 90.1 cm³/mol. The molecule has 1 nitrogen and oxygen atoms in total. The van der Waals surface area contributed by atoms with Gasteiger partial charge in [0.05, 0.1) is 4.47 Å². The van der Waals surface area contributed by atoms with Gasteiger partial charge in [-0.2, -0.15) is 0 Å². The molecule has 0 saturated carbocycles. The topological polar surface area (TPSA) is 12.0 Å². The molecule has 2 rings (SSSR count). The minimum Gasteiger partial charge on any atom is -0.303 e. The van der Waals surface area contributed by atoms with Crippen molar-refractivity contribution < 1.29 is 4.39 Å². The first-order valence-corrected chi connectivity index (χ1v) is 8.14. The van der Waals surface area contributed by atoms with Crippen LogP contribution in [0.5, 0.6) is 0 Å². The van der Waals surface area contributed by atoms with Gasteiger partial charge in [-0.3, -0.25) is 0 Å². The van der Waals surface area contributed by atoms with Crippen LogP contribution >= 0.6 is 27.5 Å². The largest absolute Gasteiger partial charge is 0.303 e. The van der Waals surface area contributed by atoms with Gasteiger partial charge >= 0.3 is 0 Å². The minimum absolute atomic E-state index is 0.117. The number of rotatable bonds is 5. The number of hydrogen-bond donors (Lipinski definition) is 1. The highest BCUT2D eigenvalue weighted by Gasteiger charge is 2.15. The maximum absolute atomic E-state index is 13.3. The summed E-state index contributed by atoms with van der Waals surface area (Å²) in [6.45, 7) is 4.21. The molecule has 0 fully saturated rings. The van der Waals surface area contributed by atoms with Gasteiger partial charge < -0.3 is 5.32 Å². The molecule has 0 bridgehead atoms. The highest BCUT2D eigenvalue weighted by Crippen LogP contribution is 2.26. The van der Waals surface area contributed by atoms with E-state index in [0.29, 0.717) is 4.47 Å². The fraction of sp³-hybridized carbons (Fsp3) is 0.294. The first-order chi connectivity index (χ1) is 10.0. The Hall–Kier alpha value is -0.900. The van der Waals surface area contributed by atoms with E-state index >= 15 is 0 Å². The van der Waals surface area contributed by atoms with E-state index in [1.807, 2.05) is 30.3 Å². The molecular weight excluding hydrogens is 353 g/mol. The van der Waals surface area contributed by atoms with Crippen LogP contribution in [0.2, 0.25) is 5.02 Å². The second kappa shape index (κ2) is 7.39. The molecule has 0 aliphatic heterocycles. The van der Waals surface area contributed by atoms with E-state index in [2.05, 4.69) is 41.2 Å². The van der Waals surface area contributed by atoms with Crippen molar-refractivity contribution in [1.29, 1.82) is 0 Å². The molecular formula is C17H18BrClFN. The third kappa shape index (κ3) is 4.29. The van der Waals surface area contributed by atoms with Gasteiger partial charge in [0.25, 0.3) is 0 Å². The van der Waals surface area contributed by atoms with E-state index in [1.165, 1.54) is 6.07 Å². The van der Waals surface area contributed by atoms with Crippen LogP contribution in [0.3, 0.4) is 0 Å². The van der Waals surface area contributed by atoms with E-state index in [-0.39, 0.29) is 17.9 Å². The van der Waals surface area contributed by atoms with Gasteiger partial charge in [0.2, 0.25) is 0 Å². The Morgan fingerprint density at radius 1 is 1.19 bits per heavy atom. The second-order valence-corrected chi connectivity index (χ2v) is 6.37. The third-order valence-electron chi connectivity index (χ3n) is 3.55. The molecule has 0 spiro atoms. The highest BCUT2D eigenvalue weighted by atomic mass is 79.9. The molecule has 0 amide bonds. The van der Waals surface area contributed by atoms with E-state index in [4.69, 9.17) is 11.6 Å². The van der Waals surface area contributed by atoms with Crippen molar-refractivity contribution in [3.63, 3.8) is 0 Å². The molecule has 0 aromatic heterocycles. The summed E-state index contributed by atoms with van der Waals surface area (Å²) in [5.41, 5.74) is 2.21. The third-order valence-corrected chi connectivity index (χ3v) is 4.40. The van der Waals surface area contributed by atoms with Crippen LogP contribution in [-0.2, 0) is 0 Å². The Labute approximate surface area is 138 Å². The summed E-state index contributed by atoms with van der Waals surface area (Å²) in [7, 11) is 0. The van der Waals surface area contributed by atoms with Gasteiger partial charge in [0, 0.05) is 17.1 Å². The molecule has 1 N–H and O–H groups in total. The van der Waals surface area contributed by atoms with E-state index in [9.17, 15) is 4.39 Å². The lowest BCUT2D eigenvalue weighted by Gasteiger charge is -2.23. The Kier molecular flexibility index (Phi) is 5.80. The van der Waals surface area contributed by atoms with Gasteiger partial charge in [-0.05, 0) is 64.7 Å². The van der Waals surface area contributed by atoms with Gasteiger partial charge in [-0.25, -0.2) is 4.39 Å². The van der Waals surface area contributed by atoms with Crippen molar-refractivity contribution in [1.82, 2.24) is 5.32 Å². The Morgan fingerprint density at radius 3 is 2.57 bits per heavy atom. The lowest BCUT2D eigenvalue weighted by Crippen LogP contribution is -2.24. The quantitative estimate of drug-likeness (QED) is 0.676. The number of benzene rings is 2. The standard InChI is InChI=1S/C17H18BrClFN/c1-3-17(13-5-4-6-14(19)9-13)21-11(2)12-7-8-16(20)15(18)10-12/h4-11,17,21H,3H2,1-2H3. The zero-order valence-electron chi connectivity index (χ0n) is 12.0. The molecule has 2 atom stereocenters. The molecule has 0 heterocycles. The van der Waals surface area contributed by atoms with Crippen LogP contribution in [0.4, 0.5) is 4.39 Å². The van der Waals surface area contributed by atoms with Gasteiger partial charge in [0.1, 0.15) is 5.82 Å². The molecule has 112 valence electrons. The summed E-state index contributed by atoms with van der Waals surface area (Å²) in [6.07, 6.45) is 0.951. The number of nitrogens with one attached hydrogen (secondary N) is 1. The average Bonchev–Trinajstić information content (AvgIpc) is 2.47. The Bertz CT molecular complexity index is 617. The van der Waals surface area contributed by atoms with E-state index < -0.39 is 0 Å². The monoisotopic (exact) mass is 369 g/mol. The zero-order chi connectivity index (χ0) is 15.4. The average molecular weight is 371 g/mol. The van der Waals surface area contributed by atoms with E-state index in [1.54, 1.807) is 0 Å². The summed E-state index contributed by atoms with van der Waals surface area (Å²) in [5.74, 6) is -0.243. The van der Waals surface area contributed by atoms with Crippen LogP contribution in [0.15, 0.2) is 46.9 Å². The maximum atomic E-state index is 13.3. The van der Waals surface area contributed by atoms with Crippen LogP contribution < -0.4 is 5.32 Å². The van der Waals surface area contributed by atoms with Crippen LogP contribution in [-0.4, -0.2) is 0 Å². The van der Waals surface area contributed by atoms with Crippen LogP contribution in [0.25, 0.3) is 0 Å². The van der Waals surface area contributed by atoms with Crippen molar-refractivity contribution in [2.75, 3.05) is 0 Å². The normalized spacial score (nSPS) is 14.0. The molecule has 4 heteroatoms. The molecule has 2 unspecified atom stereocenters. The summed E-state index contributed by atoms with van der Waals surface area (Å²) < 4.78 is 13.8. The Balaban J connectivity index is 2.16.